The van der Waals surface area contributed by atoms with Crippen LogP contribution in [0.3, 0.4) is 0 Å². The second-order valence-electron chi connectivity index (χ2n) is 7.05. The number of carbonyl (C=O) groups is 1. The minimum Gasteiger partial charge on any atom is -0.366 e. The third kappa shape index (κ3) is 3.31. The zero-order chi connectivity index (χ0) is 17.4. The van der Waals surface area contributed by atoms with Crippen LogP contribution in [0, 0.1) is 18.7 Å². The summed E-state index contributed by atoms with van der Waals surface area (Å²) in [5, 5.41) is 0. The van der Waals surface area contributed by atoms with Crippen molar-refractivity contribution in [2.24, 2.45) is 5.92 Å². The van der Waals surface area contributed by atoms with E-state index in [1.165, 1.54) is 6.07 Å². The Morgan fingerprint density at radius 2 is 1.84 bits per heavy atom. The van der Waals surface area contributed by atoms with Crippen LogP contribution < -0.4 is 0 Å². The molecule has 1 aliphatic carbocycles. The number of halogens is 1. The highest BCUT2D eigenvalue weighted by Crippen LogP contribution is 2.39. The molecule has 2 aromatic carbocycles. The molecule has 4 heteroatoms. The summed E-state index contributed by atoms with van der Waals surface area (Å²) in [4.78, 5) is 14.8. The Balaban J connectivity index is 1.62. The maximum atomic E-state index is 14.3. The van der Waals surface area contributed by atoms with Crippen LogP contribution in [0.15, 0.2) is 48.5 Å². The summed E-state index contributed by atoms with van der Waals surface area (Å²) in [5.41, 5.74) is 1.93. The van der Waals surface area contributed by atoms with Gasteiger partial charge in [0, 0.05) is 6.54 Å². The SMILES string of the molecule is Cc1cccc(F)c1C(=O)N1C[C@@H](c2ccccc2)O[C@@H](C2CC2)C1. The highest BCUT2D eigenvalue weighted by Gasteiger charge is 2.40. The molecule has 1 amide bonds. The molecule has 4 rings (SSSR count). The summed E-state index contributed by atoms with van der Waals surface area (Å²) < 4.78 is 20.6. The van der Waals surface area contributed by atoms with Crippen LogP contribution >= 0.6 is 0 Å². The summed E-state index contributed by atoms with van der Waals surface area (Å²) in [6, 6.07) is 14.8. The first kappa shape index (κ1) is 16.3. The van der Waals surface area contributed by atoms with Crippen LogP contribution in [-0.4, -0.2) is 30.0 Å². The van der Waals surface area contributed by atoms with E-state index < -0.39 is 5.82 Å². The second kappa shape index (κ2) is 6.60. The molecule has 0 N–H and O–H groups in total. The molecule has 1 aliphatic heterocycles. The Labute approximate surface area is 147 Å². The van der Waals surface area contributed by atoms with Gasteiger partial charge in [-0.3, -0.25) is 4.79 Å². The molecular formula is C21H22FNO2. The summed E-state index contributed by atoms with van der Waals surface area (Å²) in [6.45, 7) is 2.78. The lowest BCUT2D eigenvalue weighted by Gasteiger charge is -2.39. The highest BCUT2D eigenvalue weighted by molar-refractivity contribution is 5.96. The van der Waals surface area contributed by atoms with Gasteiger partial charge in [0.1, 0.15) is 11.9 Å². The molecule has 2 aliphatic rings. The average molecular weight is 339 g/mol. The maximum absolute atomic E-state index is 14.3. The van der Waals surface area contributed by atoms with Crippen LogP contribution in [0.1, 0.15) is 40.4 Å². The molecule has 3 nitrogen and oxygen atoms in total. The lowest BCUT2D eigenvalue weighted by molar-refractivity contribution is -0.0864. The van der Waals surface area contributed by atoms with E-state index in [2.05, 4.69) is 0 Å². The van der Waals surface area contributed by atoms with Crippen molar-refractivity contribution in [3.05, 3.63) is 71.0 Å². The molecule has 2 atom stereocenters. The summed E-state index contributed by atoms with van der Waals surface area (Å²) >= 11 is 0. The van der Waals surface area contributed by atoms with Crippen LogP contribution in [0.25, 0.3) is 0 Å². The first-order chi connectivity index (χ1) is 12.1. The molecule has 2 fully saturated rings. The van der Waals surface area contributed by atoms with E-state index in [9.17, 15) is 9.18 Å². The van der Waals surface area contributed by atoms with Crippen LogP contribution in [0.4, 0.5) is 4.39 Å². The van der Waals surface area contributed by atoms with Gasteiger partial charge in [-0.15, -0.1) is 0 Å². The van der Waals surface area contributed by atoms with E-state index in [1.807, 2.05) is 30.3 Å². The Hall–Kier alpha value is -2.20. The number of morpholine rings is 1. The van der Waals surface area contributed by atoms with E-state index in [1.54, 1.807) is 24.0 Å². The van der Waals surface area contributed by atoms with Crippen LogP contribution in [0.2, 0.25) is 0 Å². The van der Waals surface area contributed by atoms with Crippen molar-refractivity contribution in [1.82, 2.24) is 4.90 Å². The molecule has 0 aromatic heterocycles. The fourth-order valence-corrected chi connectivity index (χ4v) is 3.60. The van der Waals surface area contributed by atoms with Gasteiger partial charge in [0.05, 0.1) is 18.2 Å². The molecule has 0 bridgehead atoms. The van der Waals surface area contributed by atoms with Crippen molar-refractivity contribution in [2.45, 2.75) is 32.0 Å². The number of rotatable bonds is 3. The topological polar surface area (TPSA) is 29.5 Å². The normalized spacial score (nSPS) is 23.5. The van der Waals surface area contributed by atoms with Gasteiger partial charge in [0.2, 0.25) is 0 Å². The summed E-state index contributed by atoms with van der Waals surface area (Å²) in [5.74, 6) is -0.162. The van der Waals surface area contributed by atoms with E-state index in [0.717, 1.165) is 18.4 Å². The molecule has 25 heavy (non-hydrogen) atoms. The van der Waals surface area contributed by atoms with E-state index in [4.69, 9.17) is 4.74 Å². The zero-order valence-electron chi connectivity index (χ0n) is 14.3. The molecule has 2 aromatic rings. The molecule has 1 heterocycles. The van der Waals surface area contributed by atoms with Crippen LogP contribution in [-0.2, 0) is 4.74 Å². The first-order valence-electron chi connectivity index (χ1n) is 8.88. The first-order valence-corrected chi connectivity index (χ1v) is 8.88. The van der Waals surface area contributed by atoms with Gasteiger partial charge in [-0.05, 0) is 42.9 Å². The number of hydrogen-bond donors (Lipinski definition) is 0. The van der Waals surface area contributed by atoms with Gasteiger partial charge in [-0.1, -0.05) is 42.5 Å². The van der Waals surface area contributed by atoms with Crippen molar-refractivity contribution in [2.75, 3.05) is 13.1 Å². The van der Waals surface area contributed by atoms with Gasteiger partial charge in [-0.25, -0.2) is 4.39 Å². The minimum absolute atomic E-state index is 0.0370. The number of amides is 1. The third-order valence-corrected chi connectivity index (χ3v) is 5.17. The molecule has 1 saturated carbocycles. The van der Waals surface area contributed by atoms with Crippen molar-refractivity contribution < 1.29 is 13.9 Å². The number of benzene rings is 2. The fraction of sp³-hybridized carbons (Fsp3) is 0.381. The van der Waals surface area contributed by atoms with E-state index in [-0.39, 0.29) is 23.7 Å². The largest absolute Gasteiger partial charge is 0.366 e. The number of hydrogen-bond acceptors (Lipinski definition) is 2. The second-order valence-corrected chi connectivity index (χ2v) is 7.05. The van der Waals surface area contributed by atoms with Crippen LogP contribution in [0.5, 0.6) is 0 Å². The van der Waals surface area contributed by atoms with Gasteiger partial charge >= 0.3 is 0 Å². The summed E-state index contributed by atoms with van der Waals surface area (Å²) in [6.07, 6.45) is 2.17. The maximum Gasteiger partial charge on any atom is 0.257 e. The molecule has 0 radical (unpaired) electrons. The van der Waals surface area contributed by atoms with Gasteiger partial charge < -0.3 is 9.64 Å². The Morgan fingerprint density at radius 3 is 2.52 bits per heavy atom. The Kier molecular flexibility index (Phi) is 4.30. The van der Waals surface area contributed by atoms with E-state index >= 15 is 0 Å². The third-order valence-electron chi connectivity index (χ3n) is 5.17. The monoisotopic (exact) mass is 339 g/mol. The number of nitrogens with zero attached hydrogens (tertiary/aromatic N) is 1. The number of ether oxygens (including phenoxy) is 1. The lowest BCUT2D eigenvalue weighted by Crippen LogP contribution is -2.48. The smallest absolute Gasteiger partial charge is 0.257 e. The number of aryl methyl sites for hydroxylation is 1. The fourth-order valence-electron chi connectivity index (χ4n) is 3.60. The standard InChI is InChI=1S/C21H22FNO2/c1-14-6-5-9-17(22)20(14)21(24)23-12-18(15-7-3-2-4-8-15)25-19(13-23)16-10-11-16/h2-9,16,18-19H,10-13H2,1H3/t18-,19+/m0/s1. The molecular weight excluding hydrogens is 317 g/mol. The van der Waals surface area contributed by atoms with Crippen molar-refractivity contribution in [1.29, 1.82) is 0 Å². The minimum atomic E-state index is -0.448. The van der Waals surface area contributed by atoms with Gasteiger partial charge in [0.15, 0.2) is 0 Å². The van der Waals surface area contributed by atoms with Crippen molar-refractivity contribution in [3.63, 3.8) is 0 Å². The predicted molar refractivity (Wildman–Crippen MR) is 93.8 cm³/mol. The molecule has 0 spiro atoms. The van der Waals surface area contributed by atoms with Crippen molar-refractivity contribution >= 4 is 5.91 Å². The van der Waals surface area contributed by atoms with Gasteiger partial charge in [0.25, 0.3) is 5.91 Å². The summed E-state index contributed by atoms with van der Waals surface area (Å²) in [7, 11) is 0. The van der Waals surface area contributed by atoms with Gasteiger partial charge in [-0.2, -0.15) is 0 Å². The Morgan fingerprint density at radius 1 is 1.08 bits per heavy atom. The quantitative estimate of drug-likeness (QED) is 0.842. The van der Waals surface area contributed by atoms with Crippen molar-refractivity contribution in [3.8, 4) is 0 Å². The molecule has 130 valence electrons. The highest BCUT2D eigenvalue weighted by atomic mass is 19.1. The lowest BCUT2D eigenvalue weighted by atomic mass is 10.0. The predicted octanol–water partition coefficient (Wildman–Crippen LogP) is 4.13. The average Bonchev–Trinajstić information content (AvgIpc) is 3.47. The number of carbonyl (C=O) groups excluding carboxylic acids is 1. The Bertz CT molecular complexity index is 752. The molecule has 0 unspecified atom stereocenters. The zero-order valence-corrected chi connectivity index (χ0v) is 14.3. The van der Waals surface area contributed by atoms with E-state index in [0.29, 0.717) is 24.6 Å². The molecule has 1 saturated heterocycles.